The summed E-state index contributed by atoms with van der Waals surface area (Å²) in [4.78, 5) is 12.5. The molecule has 0 aliphatic carbocycles. The van der Waals surface area contributed by atoms with E-state index in [-0.39, 0.29) is 16.6 Å². The second kappa shape index (κ2) is 9.47. The van der Waals surface area contributed by atoms with E-state index in [0.717, 1.165) is 23.0 Å². The fourth-order valence-corrected chi connectivity index (χ4v) is 3.96. The quantitative estimate of drug-likeness (QED) is 0.565. The van der Waals surface area contributed by atoms with Crippen LogP contribution in [0.1, 0.15) is 38.8 Å². The van der Waals surface area contributed by atoms with Crippen molar-refractivity contribution in [3.8, 4) is 11.4 Å². The molecule has 3 rings (SSSR count). The number of amides is 1. The smallest absolute Gasteiger partial charge is 0.233 e. The number of benzene rings is 2. The van der Waals surface area contributed by atoms with Gasteiger partial charge in [0.05, 0.1) is 5.25 Å². The van der Waals surface area contributed by atoms with Crippen LogP contribution in [-0.4, -0.2) is 32.5 Å². The van der Waals surface area contributed by atoms with Gasteiger partial charge in [0.1, 0.15) is 0 Å². The highest BCUT2D eigenvalue weighted by molar-refractivity contribution is 8.00. The van der Waals surface area contributed by atoms with Crippen molar-refractivity contribution in [2.45, 2.75) is 49.9 Å². The number of carbonyl (C=O) groups is 1. The van der Waals surface area contributed by atoms with E-state index in [1.54, 1.807) is 0 Å². The van der Waals surface area contributed by atoms with Gasteiger partial charge in [0.2, 0.25) is 5.91 Å². The SMILES string of the molecule is CC(Sc1nnc(-c2ccc(C(C)(C)C)cc2)n1C)C(=O)NCCc1ccccc1. The fourth-order valence-electron chi connectivity index (χ4n) is 3.12. The summed E-state index contributed by atoms with van der Waals surface area (Å²) in [6.07, 6.45) is 0.822. The zero-order chi connectivity index (χ0) is 21.7. The summed E-state index contributed by atoms with van der Waals surface area (Å²) >= 11 is 1.42. The van der Waals surface area contributed by atoms with Crippen LogP contribution in [0.2, 0.25) is 0 Å². The highest BCUT2D eigenvalue weighted by atomic mass is 32.2. The van der Waals surface area contributed by atoms with Crippen LogP contribution >= 0.6 is 11.8 Å². The molecule has 1 atom stereocenters. The molecule has 5 nitrogen and oxygen atoms in total. The Morgan fingerprint density at radius 2 is 1.73 bits per heavy atom. The highest BCUT2D eigenvalue weighted by Gasteiger charge is 2.20. The Labute approximate surface area is 183 Å². The maximum Gasteiger partial charge on any atom is 0.233 e. The lowest BCUT2D eigenvalue weighted by atomic mass is 9.87. The molecule has 2 aromatic carbocycles. The lowest BCUT2D eigenvalue weighted by molar-refractivity contribution is -0.120. The monoisotopic (exact) mass is 422 g/mol. The predicted molar refractivity (Wildman–Crippen MR) is 124 cm³/mol. The molecule has 0 aliphatic rings. The standard InChI is InChI=1S/C24H30N4OS/c1-17(22(29)25-16-15-18-9-7-6-8-10-18)30-23-27-26-21(28(23)5)19-11-13-20(14-12-19)24(2,3)4/h6-14,17H,15-16H2,1-5H3,(H,25,29). The number of thioether (sulfide) groups is 1. The molecule has 0 saturated heterocycles. The molecular formula is C24H30N4OS. The maximum absolute atomic E-state index is 12.5. The molecule has 1 heterocycles. The maximum atomic E-state index is 12.5. The highest BCUT2D eigenvalue weighted by Crippen LogP contribution is 2.28. The summed E-state index contributed by atoms with van der Waals surface area (Å²) in [7, 11) is 1.94. The summed E-state index contributed by atoms with van der Waals surface area (Å²) in [6, 6.07) is 18.6. The molecule has 158 valence electrons. The van der Waals surface area contributed by atoms with Crippen LogP contribution in [0.5, 0.6) is 0 Å². The number of aromatic nitrogens is 3. The number of carbonyl (C=O) groups excluding carboxylic acids is 1. The Balaban J connectivity index is 1.59. The van der Waals surface area contributed by atoms with E-state index in [2.05, 4.69) is 72.7 Å². The van der Waals surface area contributed by atoms with Gasteiger partial charge < -0.3 is 9.88 Å². The number of hydrogen-bond acceptors (Lipinski definition) is 4. The Morgan fingerprint density at radius 3 is 2.37 bits per heavy atom. The van der Waals surface area contributed by atoms with Gasteiger partial charge in [-0.3, -0.25) is 4.79 Å². The van der Waals surface area contributed by atoms with E-state index in [0.29, 0.717) is 6.54 Å². The second-order valence-electron chi connectivity index (χ2n) is 8.48. The summed E-state index contributed by atoms with van der Waals surface area (Å²) in [6.45, 7) is 9.12. The van der Waals surface area contributed by atoms with E-state index < -0.39 is 0 Å². The van der Waals surface area contributed by atoms with Crippen molar-refractivity contribution in [1.29, 1.82) is 0 Å². The van der Waals surface area contributed by atoms with Crippen molar-refractivity contribution in [3.63, 3.8) is 0 Å². The molecule has 0 bridgehead atoms. The van der Waals surface area contributed by atoms with Crippen molar-refractivity contribution >= 4 is 17.7 Å². The van der Waals surface area contributed by atoms with Crippen LogP contribution in [0.4, 0.5) is 0 Å². The number of hydrogen-bond donors (Lipinski definition) is 1. The largest absolute Gasteiger partial charge is 0.355 e. The van der Waals surface area contributed by atoms with Gasteiger partial charge in [-0.05, 0) is 29.9 Å². The molecule has 1 unspecified atom stereocenters. The Hall–Kier alpha value is -2.60. The zero-order valence-corrected chi connectivity index (χ0v) is 19.2. The molecular weight excluding hydrogens is 392 g/mol. The normalized spacial score (nSPS) is 12.6. The van der Waals surface area contributed by atoms with Crippen LogP contribution in [-0.2, 0) is 23.7 Å². The van der Waals surface area contributed by atoms with Crippen molar-refractivity contribution in [2.24, 2.45) is 7.05 Å². The summed E-state index contributed by atoms with van der Waals surface area (Å²) < 4.78 is 1.95. The van der Waals surface area contributed by atoms with Gasteiger partial charge >= 0.3 is 0 Å². The second-order valence-corrected chi connectivity index (χ2v) is 9.79. The molecule has 3 aromatic rings. The first kappa shape index (κ1) is 22.1. The third-order valence-corrected chi connectivity index (χ3v) is 6.19. The van der Waals surface area contributed by atoms with Crippen LogP contribution in [0.3, 0.4) is 0 Å². The molecule has 1 amide bonds. The minimum absolute atomic E-state index is 0.00927. The lowest BCUT2D eigenvalue weighted by Gasteiger charge is -2.19. The van der Waals surface area contributed by atoms with Crippen LogP contribution < -0.4 is 5.32 Å². The van der Waals surface area contributed by atoms with Gasteiger partial charge in [-0.1, -0.05) is 87.1 Å². The predicted octanol–water partition coefficient (Wildman–Crippen LogP) is 4.62. The minimum Gasteiger partial charge on any atom is -0.355 e. The topological polar surface area (TPSA) is 59.8 Å². The number of nitrogens with zero attached hydrogens (tertiary/aromatic N) is 3. The molecule has 0 fully saturated rings. The molecule has 1 N–H and O–H groups in total. The van der Waals surface area contributed by atoms with Crippen LogP contribution in [0.25, 0.3) is 11.4 Å². The van der Waals surface area contributed by atoms with Gasteiger partial charge in [0.25, 0.3) is 0 Å². The third kappa shape index (κ3) is 5.51. The van der Waals surface area contributed by atoms with Gasteiger partial charge in [0.15, 0.2) is 11.0 Å². The first-order valence-corrected chi connectivity index (χ1v) is 11.1. The molecule has 0 aliphatic heterocycles. The number of rotatable bonds is 7. The van der Waals surface area contributed by atoms with E-state index in [1.165, 1.54) is 22.9 Å². The molecule has 0 saturated carbocycles. The van der Waals surface area contributed by atoms with E-state index in [1.807, 2.05) is 36.7 Å². The van der Waals surface area contributed by atoms with Gasteiger partial charge in [-0.15, -0.1) is 10.2 Å². The van der Waals surface area contributed by atoms with Crippen molar-refractivity contribution in [3.05, 3.63) is 65.7 Å². The minimum atomic E-state index is -0.250. The summed E-state index contributed by atoms with van der Waals surface area (Å²) in [5, 5.41) is 12.2. The molecule has 6 heteroatoms. The first-order chi connectivity index (χ1) is 14.3. The van der Waals surface area contributed by atoms with E-state index >= 15 is 0 Å². The Kier molecular flexibility index (Phi) is 6.98. The molecule has 30 heavy (non-hydrogen) atoms. The van der Waals surface area contributed by atoms with Gasteiger partial charge in [0, 0.05) is 19.2 Å². The third-order valence-electron chi connectivity index (χ3n) is 5.05. The average molecular weight is 423 g/mol. The zero-order valence-electron chi connectivity index (χ0n) is 18.3. The van der Waals surface area contributed by atoms with Gasteiger partial charge in [-0.2, -0.15) is 0 Å². The summed E-state index contributed by atoms with van der Waals surface area (Å²) in [5.74, 6) is 0.810. The van der Waals surface area contributed by atoms with Crippen LogP contribution in [0.15, 0.2) is 59.8 Å². The average Bonchev–Trinajstić information content (AvgIpc) is 3.08. The van der Waals surface area contributed by atoms with Crippen LogP contribution in [0, 0.1) is 0 Å². The lowest BCUT2D eigenvalue weighted by Crippen LogP contribution is -2.32. The Morgan fingerprint density at radius 1 is 1.07 bits per heavy atom. The molecule has 0 spiro atoms. The number of nitrogens with one attached hydrogen (secondary N) is 1. The summed E-state index contributed by atoms with van der Waals surface area (Å²) in [5.41, 5.74) is 3.63. The molecule has 0 radical (unpaired) electrons. The van der Waals surface area contributed by atoms with Crippen molar-refractivity contribution < 1.29 is 4.79 Å². The van der Waals surface area contributed by atoms with Crippen molar-refractivity contribution in [2.75, 3.05) is 6.54 Å². The molecule has 1 aromatic heterocycles. The van der Waals surface area contributed by atoms with Gasteiger partial charge in [-0.25, -0.2) is 0 Å². The van der Waals surface area contributed by atoms with E-state index in [4.69, 9.17) is 0 Å². The Bertz CT molecular complexity index is 975. The fraction of sp³-hybridized carbons (Fsp3) is 0.375. The van der Waals surface area contributed by atoms with E-state index in [9.17, 15) is 4.79 Å². The first-order valence-electron chi connectivity index (χ1n) is 10.2. The van der Waals surface area contributed by atoms with Crippen molar-refractivity contribution in [1.82, 2.24) is 20.1 Å².